The molecular weight excluding hydrogens is 106 g/mol. The van der Waals surface area contributed by atoms with E-state index in [1.807, 2.05) is 0 Å². The number of nitrogens with zero attached hydrogens (tertiary/aromatic N) is 3. The van der Waals surface area contributed by atoms with Crippen molar-refractivity contribution in [3.8, 4) is 0 Å². The molecule has 0 amide bonds. The minimum atomic E-state index is 0.472. The van der Waals surface area contributed by atoms with Gasteiger partial charge in [0, 0.05) is 6.54 Å². The Balaban J connectivity index is 2.57. The van der Waals surface area contributed by atoms with Gasteiger partial charge in [0.25, 0.3) is 0 Å². The van der Waals surface area contributed by atoms with Crippen LogP contribution in [0, 0.1) is 5.53 Å². The van der Waals surface area contributed by atoms with E-state index >= 15 is 0 Å². The van der Waals surface area contributed by atoms with Crippen LogP contribution in [0.1, 0.15) is 0 Å². The van der Waals surface area contributed by atoms with Crippen LogP contribution in [0.25, 0.3) is 0 Å². The molecule has 1 heterocycles. The lowest BCUT2D eigenvalue weighted by Crippen LogP contribution is -2.15. The summed E-state index contributed by atoms with van der Waals surface area (Å²) in [5, 5.41) is 6.18. The van der Waals surface area contributed by atoms with Crippen molar-refractivity contribution in [1.82, 2.24) is 10.2 Å². The van der Waals surface area contributed by atoms with E-state index in [1.54, 1.807) is 0 Å². The summed E-state index contributed by atoms with van der Waals surface area (Å²) in [6.07, 6.45) is 0. The van der Waals surface area contributed by atoms with Crippen molar-refractivity contribution in [2.45, 2.75) is 0 Å². The van der Waals surface area contributed by atoms with E-state index in [9.17, 15) is 0 Å². The molecule has 2 N–H and O–H groups in total. The van der Waals surface area contributed by atoms with E-state index in [-0.39, 0.29) is 0 Å². The van der Waals surface area contributed by atoms with E-state index in [1.165, 1.54) is 0 Å². The molecule has 0 radical (unpaired) electrons. The molecule has 0 aliphatic carbocycles. The van der Waals surface area contributed by atoms with Gasteiger partial charge in [-0.2, -0.15) is 0 Å². The molecule has 0 bridgehead atoms. The van der Waals surface area contributed by atoms with Crippen molar-refractivity contribution in [1.29, 1.82) is 5.53 Å². The van der Waals surface area contributed by atoms with Crippen LogP contribution >= 0.6 is 0 Å². The molecule has 1 aliphatic heterocycles. The SMILES string of the molecule is N=[N+]=NC1=NCCN1. The largest absolute Gasteiger partial charge is 0.347 e. The van der Waals surface area contributed by atoms with Gasteiger partial charge in [0.15, 0.2) is 5.11 Å². The average Bonchev–Trinajstić information content (AvgIpc) is 2.19. The normalized spacial score (nSPS) is 16.2. The number of nitrogens with one attached hydrogen (secondary N) is 2. The topological polar surface area (TPSA) is 74.7 Å². The highest BCUT2D eigenvalue weighted by Crippen LogP contribution is 1.82. The second-order valence-electron chi connectivity index (χ2n) is 1.33. The van der Waals surface area contributed by atoms with Crippen molar-refractivity contribution in [3.05, 3.63) is 0 Å². The number of hydrogen-bond donors (Lipinski definition) is 2. The first kappa shape index (κ1) is 4.93. The van der Waals surface area contributed by atoms with Crippen molar-refractivity contribution < 1.29 is 0 Å². The minimum Gasteiger partial charge on any atom is -0.347 e. The lowest BCUT2D eigenvalue weighted by Gasteiger charge is -1.79. The van der Waals surface area contributed by atoms with Crippen molar-refractivity contribution >= 4 is 5.96 Å². The molecule has 5 heteroatoms. The maximum atomic E-state index is 6.31. The molecule has 0 saturated heterocycles. The molecule has 0 unspecified atom stereocenters. The monoisotopic (exact) mass is 112 g/mol. The lowest BCUT2D eigenvalue weighted by atomic mass is 10.7. The van der Waals surface area contributed by atoms with Gasteiger partial charge in [0.05, 0.1) is 6.54 Å². The highest BCUT2D eigenvalue weighted by molar-refractivity contribution is 5.81. The van der Waals surface area contributed by atoms with Gasteiger partial charge in [-0.1, -0.05) is 0 Å². The summed E-state index contributed by atoms with van der Waals surface area (Å²) in [7, 11) is 0. The molecule has 42 valence electrons. The first-order chi connectivity index (χ1) is 3.93. The summed E-state index contributed by atoms with van der Waals surface area (Å²) in [4.78, 5) is 6.65. The fraction of sp³-hybridized carbons (Fsp3) is 0.667. The van der Waals surface area contributed by atoms with Gasteiger partial charge in [-0.25, -0.2) is 4.99 Å². The second kappa shape index (κ2) is 2.18. The van der Waals surface area contributed by atoms with E-state index in [0.29, 0.717) is 5.96 Å². The zero-order valence-electron chi connectivity index (χ0n) is 4.26. The molecule has 1 rings (SSSR count). The fourth-order valence-corrected chi connectivity index (χ4v) is 0.500. The molecule has 0 fully saturated rings. The predicted molar refractivity (Wildman–Crippen MR) is 27.6 cm³/mol. The summed E-state index contributed by atoms with van der Waals surface area (Å²) < 4.78 is 0. The summed E-state index contributed by atoms with van der Waals surface area (Å²) in [5.41, 5.74) is 6.31. The van der Waals surface area contributed by atoms with Crippen molar-refractivity contribution in [3.63, 3.8) is 0 Å². The predicted octanol–water partition coefficient (Wildman–Crippen LogP) is -0.504. The van der Waals surface area contributed by atoms with Crippen LogP contribution in [-0.4, -0.2) is 19.0 Å². The molecule has 0 spiro atoms. The number of hydrogen-bond acceptors (Lipinski definition) is 4. The first-order valence-electron chi connectivity index (χ1n) is 2.29. The third-order valence-electron chi connectivity index (χ3n) is 0.801. The van der Waals surface area contributed by atoms with Gasteiger partial charge >= 0.3 is 5.96 Å². The Morgan fingerprint density at radius 2 is 2.75 bits per heavy atom. The molecule has 0 atom stereocenters. The summed E-state index contributed by atoms with van der Waals surface area (Å²) in [5.74, 6) is 0.472. The molecule has 0 saturated carbocycles. The Labute approximate surface area is 46.0 Å². The van der Waals surface area contributed by atoms with Crippen LogP contribution < -0.4 is 10.2 Å². The minimum absolute atomic E-state index is 0.472. The lowest BCUT2D eigenvalue weighted by molar-refractivity contribution is 0.938. The number of aliphatic imine (C=N–C) groups is 1. The third kappa shape index (κ3) is 0.886. The van der Waals surface area contributed by atoms with Gasteiger partial charge < -0.3 is 5.32 Å². The Kier molecular flexibility index (Phi) is 1.34. The standard InChI is InChI=1S/C3H6N5/c4-8-7-3-5-1-2-6-3/h4H,1-2H2,(H,5,6)/q+1. The van der Waals surface area contributed by atoms with Crippen LogP contribution in [0.15, 0.2) is 10.1 Å². The Bertz CT molecular complexity index is 153. The molecule has 0 aromatic heterocycles. The maximum absolute atomic E-state index is 6.31. The second-order valence-corrected chi connectivity index (χ2v) is 1.33. The van der Waals surface area contributed by atoms with Gasteiger partial charge in [-0.05, 0) is 0 Å². The Morgan fingerprint density at radius 3 is 3.25 bits per heavy atom. The molecule has 0 aromatic rings. The highest BCUT2D eigenvalue weighted by atomic mass is 15.3. The van der Waals surface area contributed by atoms with Gasteiger partial charge in [-0.3, -0.25) is 0 Å². The van der Waals surface area contributed by atoms with E-state index < -0.39 is 0 Å². The Hall–Kier alpha value is -1.22. The van der Waals surface area contributed by atoms with Crippen LogP contribution in [0.3, 0.4) is 0 Å². The van der Waals surface area contributed by atoms with E-state index in [0.717, 1.165) is 13.1 Å². The Morgan fingerprint density at radius 1 is 1.88 bits per heavy atom. The number of rotatable bonds is 0. The van der Waals surface area contributed by atoms with E-state index in [4.69, 9.17) is 5.53 Å². The maximum Gasteiger partial charge on any atom is 0.305 e. The zero-order valence-corrected chi connectivity index (χ0v) is 4.26. The van der Waals surface area contributed by atoms with Crippen LogP contribution in [0.2, 0.25) is 0 Å². The third-order valence-corrected chi connectivity index (χ3v) is 0.801. The first-order valence-corrected chi connectivity index (χ1v) is 2.29. The molecule has 8 heavy (non-hydrogen) atoms. The van der Waals surface area contributed by atoms with E-state index in [2.05, 4.69) is 20.3 Å². The summed E-state index contributed by atoms with van der Waals surface area (Å²) in [6.45, 7) is 1.56. The highest BCUT2D eigenvalue weighted by Gasteiger charge is 2.05. The van der Waals surface area contributed by atoms with Crippen molar-refractivity contribution in [2.24, 2.45) is 10.1 Å². The summed E-state index contributed by atoms with van der Waals surface area (Å²) in [6, 6.07) is 0. The van der Waals surface area contributed by atoms with Crippen molar-refractivity contribution in [2.75, 3.05) is 13.1 Å². The number of guanidine groups is 1. The van der Waals surface area contributed by atoms with Crippen LogP contribution in [-0.2, 0) is 0 Å². The molecular formula is C3H6N5+. The summed E-state index contributed by atoms with van der Waals surface area (Å²) >= 11 is 0. The average molecular weight is 112 g/mol. The molecule has 1 aliphatic rings. The molecule has 0 aromatic carbocycles. The van der Waals surface area contributed by atoms with Crippen LogP contribution in [0.5, 0.6) is 0 Å². The van der Waals surface area contributed by atoms with Gasteiger partial charge in [0.2, 0.25) is 4.91 Å². The fourth-order valence-electron chi connectivity index (χ4n) is 0.500. The zero-order chi connectivity index (χ0) is 5.82. The van der Waals surface area contributed by atoms with Crippen LogP contribution in [0.4, 0.5) is 0 Å². The quantitative estimate of drug-likeness (QED) is 0.321. The smallest absolute Gasteiger partial charge is 0.305 e. The van der Waals surface area contributed by atoms with Gasteiger partial charge in [0.1, 0.15) is 5.53 Å². The van der Waals surface area contributed by atoms with Gasteiger partial charge in [-0.15, -0.1) is 0 Å². The molecule has 5 nitrogen and oxygen atoms in total.